The van der Waals surface area contributed by atoms with Crippen molar-refractivity contribution in [1.29, 1.82) is 0 Å². The molecule has 2 atom stereocenters. The summed E-state index contributed by atoms with van der Waals surface area (Å²) in [5.41, 5.74) is 0.927. The molecule has 2 fully saturated rings. The topological polar surface area (TPSA) is 21.3 Å². The van der Waals surface area contributed by atoms with E-state index in [0.717, 1.165) is 43.7 Å². The Hall–Kier alpha value is -0.580. The number of nitrogens with one attached hydrogen (secondary N) is 1. The van der Waals surface area contributed by atoms with Gasteiger partial charge in [0.2, 0.25) is 0 Å². The molecule has 4 heteroatoms. The molecule has 1 aromatic carbocycles. The predicted octanol–water partition coefficient (Wildman–Crippen LogP) is 3.01. The number of benzene rings is 1. The second-order valence-electron chi connectivity index (χ2n) is 5.82. The summed E-state index contributed by atoms with van der Waals surface area (Å²) in [7, 11) is 0. The minimum absolute atomic E-state index is 0.0926. The summed E-state index contributed by atoms with van der Waals surface area (Å²) in [6.45, 7) is 1.70. The number of hydrogen-bond donors (Lipinski definition) is 1. The van der Waals surface area contributed by atoms with Crippen molar-refractivity contribution in [2.45, 2.75) is 37.3 Å². The highest BCUT2D eigenvalue weighted by atomic mass is 32.2. The molecule has 2 aliphatic heterocycles. The molecule has 20 heavy (non-hydrogen) atoms. The summed E-state index contributed by atoms with van der Waals surface area (Å²) in [5.74, 6) is 2.27. The molecule has 0 saturated carbocycles. The molecule has 0 aliphatic carbocycles. The second-order valence-corrected chi connectivity index (χ2v) is 6.92. The number of rotatable bonds is 4. The van der Waals surface area contributed by atoms with Gasteiger partial charge in [-0.1, -0.05) is 18.2 Å². The van der Waals surface area contributed by atoms with Gasteiger partial charge in [-0.2, -0.15) is 11.8 Å². The monoisotopic (exact) mass is 295 g/mol. The Morgan fingerprint density at radius 2 is 2.30 bits per heavy atom. The van der Waals surface area contributed by atoms with Crippen molar-refractivity contribution in [1.82, 2.24) is 5.32 Å². The highest BCUT2D eigenvalue weighted by molar-refractivity contribution is 7.99. The van der Waals surface area contributed by atoms with Crippen LogP contribution in [0.15, 0.2) is 24.3 Å². The number of thioether (sulfide) groups is 1. The van der Waals surface area contributed by atoms with E-state index < -0.39 is 0 Å². The fraction of sp³-hybridized carbons (Fsp3) is 0.625. The average Bonchev–Trinajstić information content (AvgIpc) is 2.89. The molecule has 0 radical (unpaired) electrons. The molecule has 2 unspecified atom stereocenters. The van der Waals surface area contributed by atoms with E-state index in [-0.39, 0.29) is 11.4 Å². The third kappa shape index (κ3) is 3.35. The van der Waals surface area contributed by atoms with Crippen molar-refractivity contribution in [3.63, 3.8) is 0 Å². The van der Waals surface area contributed by atoms with E-state index in [0.29, 0.717) is 6.04 Å². The van der Waals surface area contributed by atoms with Crippen LogP contribution in [0.3, 0.4) is 0 Å². The molecular formula is C16H22FNOS. The molecule has 1 aromatic rings. The first kappa shape index (κ1) is 14.4. The van der Waals surface area contributed by atoms with E-state index in [1.807, 2.05) is 23.9 Å². The summed E-state index contributed by atoms with van der Waals surface area (Å²) in [6.07, 6.45) is 4.12. The summed E-state index contributed by atoms with van der Waals surface area (Å²) >= 11 is 2.00. The smallest absolute Gasteiger partial charge is 0.126 e. The van der Waals surface area contributed by atoms with Gasteiger partial charge in [0, 0.05) is 18.4 Å². The zero-order valence-electron chi connectivity index (χ0n) is 11.7. The van der Waals surface area contributed by atoms with Crippen molar-refractivity contribution < 1.29 is 9.13 Å². The van der Waals surface area contributed by atoms with E-state index in [9.17, 15) is 4.39 Å². The molecule has 2 saturated heterocycles. The maximum atomic E-state index is 13.5. The first-order chi connectivity index (χ1) is 9.77. The van der Waals surface area contributed by atoms with E-state index in [4.69, 9.17) is 4.74 Å². The molecule has 0 amide bonds. The van der Waals surface area contributed by atoms with Crippen molar-refractivity contribution in [3.8, 4) is 0 Å². The van der Waals surface area contributed by atoms with E-state index in [1.54, 1.807) is 6.07 Å². The lowest BCUT2D eigenvalue weighted by Crippen LogP contribution is -2.47. The van der Waals surface area contributed by atoms with Crippen molar-refractivity contribution in [2.24, 2.45) is 0 Å². The Morgan fingerprint density at radius 1 is 1.40 bits per heavy atom. The maximum absolute atomic E-state index is 13.5. The van der Waals surface area contributed by atoms with Crippen molar-refractivity contribution >= 4 is 11.8 Å². The quantitative estimate of drug-likeness (QED) is 0.922. The van der Waals surface area contributed by atoms with Crippen LogP contribution < -0.4 is 5.32 Å². The first-order valence-corrected chi connectivity index (χ1v) is 8.61. The van der Waals surface area contributed by atoms with Crippen LogP contribution in [-0.2, 0) is 11.2 Å². The van der Waals surface area contributed by atoms with Gasteiger partial charge >= 0.3 is 0 Å². The average molecular weight is 295 g/mol. The fourth-order valence-electron chi connectivity index (χ4n) is 3.18. The van der Waals surface area contributed by atoms with Gasteiger partial charge < -0.3 is 10.1 Å². The first-order valence-electron chi connectivity index (χ1n) is 7.46. The van der Waals surface area contributed by atoms with Gasteiger partial charge in [0.1, 0.15) is 5.82 Å². The highest BCUT2D eigenvalue weighted by Gasteiger charge is 2.40. The van der Waals surface area contributed by atoms with Crippen molar-refractivity contribution in [2.75, 3.05) is 24.7 Å². The molecule has 110 valence electrons. The van der Waals surface area contributed by atoms with Gasteiger partial charge in [0.25, 0.3) is 0 Å². The summed E-state index contributed by atoms with van der Waals surface area (Å²) in [5, 5.41) is 3.59. The molecule has 2 heterocycles. The van der Waals surface area contributed by atoms with Crippen LogP contribution in [0.5, 0.6) is 0 Å². The molecule has 1 spiro atoms. The zero-order valence-corrected chi connectivity index (χ0v) is 12.6. The molecule has 2 nitrogen and oxygen atoms in total. The molecule has 1 N–H and O–H groups in total. The Balaban J connectivity index is 1.48. The SMILES string of the molecule is Fc1ccccc1CCNC1CCOC2(CCSC2)C1. The van der Waals surface area contributed by atoms with Crippen LogP contribution in [0.1, 0.15) is 24.8 Å². The third-order valence-electron chi connectivity index (χ3n) is 4.35. The molecule has 0 bridgehead atoms. The largest absolute Gasteiger partial charge is 0.374 e. The predicted molar refractivity (Wildman–Crippen MR) is 81.8 cm³/mol. The fourth-order valence-corrected chi connectivity index (χ4v) is 4.56. The zero-order chi connectivity index (χ0) is 13.8. The van der Waals surface area contributed by atoms with Gasteiger partial charge in [-0.25, -0.2) is 4.39 Å². The number of halogens is 1. The molecule has 0 aromatic heterocycles. The lowest BCUT2D eigenvalue weighted by atomic mass is 9.90. The number of hydrogen-bond acceptors (Lipinski definition) is 3. The minimum atomic E-state index is -0.0926. The van der Waals surface area contributed by atoms with E-state index in [2.05, 4.69) is 5.32 Å². The van der Waals surface area contributed by atoms with Crippen LogP contribution in [0.2, 0.25) is 0 Å². The molecule has 2 aliphatic rings. The summed E-state index contributed by atoms with van der Waals surface area (Å²) in [6, 6.07) is 7.57. The standard InChI is InChI=1S/C16H22FNOS/c17-15-4-2-1-3-13(15)5-8-18-14-6-9-19-16(11-14)7-10-20-12-16/h1-4,14,18H,5-12H2. The maximum Gasteiger partial charge on any atom is 0.126 e. The van der Waals surface area contributed by atoms with Crippen LogP contribution in [0, 0.1) is 5.82 Å². The highest BCUT2D eigenvalue weighted by Crippen LogP contribution is 2.38. The Bertz CT molecular complexity index is 448. The van der Waals surface area contributed by atoms with Crippen molar-refractivity contribution in [3.05, 3.63) is 35.6 Å². The summed E-state index contributed by atoms with van der Waals surface area (Å²) < 4.78 is 19.6. The molecular weight excluding hydrogens is 273 g/mol. The lowest BCUT2D eigenvalue weighted by molar-refractivity contribution is -0.0699. The van der Waals surface area contributed by atoms with Crippen LogP contribution in [0.25, 0.3) is 0 Å². The Labute approximate surface area is 124 Å². The minimum Gasteiger partial charge on any atom is -0.374 e. The Kier molecular flexibility index (Phi) is 4.64. The van der Waals surface area contributed by atoms with Crippen LogP contribution in [-0.4, -0.2) is 36.3 Å². The lowest BCUT2D eigenvalue weighted by Gasteiger charge is -2.38. The molecule has 3 rings (SSSR count). The van der Waals surface area contributed by atoms with Crippen LogP contribution >= 0.6 is 11.8 Å². The normalized spacial score (nSPS) is 29.9. The second kappa shape index (κ2) is 6.46. The van der Waals surface area contributed by atoms with E-state index >= 15 is 0 Å². The van der Waals surface area contributed by atoms with Gasteiger partial charge in [-0.3, -0.25) is 0 Å². The van der Waals surface area contributed by atoms with Gasteiger partial charge in [0.05, 0.1) is 5.60 Å². The van der Waals surface area contributed by atoms with E-state index in [1.165, 1.54) is 18.2 Å². The van der Waals surface area contributed by atoms with Gasteiger partial charge in [-0.05, 0) is 49.6 Å². The number of ether oxygens (including phenoxy) is 1. The summed E-state index contributed by atoms with van der Waals surface area (Å²) in [4.78, 5) is 0. The van der Waals surface area contributed by atoms with Gasteiger partial charge in [-0.15, -0.1) is 0 Å². The van der Waals surface area contributed by atoms with Gasteiger partial charge in [0.15, 0.2) is 0 Å². The Morgan fingerprint density at radius 3 is 3.10 bits per heavy atom. The van der Waals surface area contributed by atoms with Crippen LogP contribution in [0.4, 0.5) is 4.39 Å². The third-order valence-corrected chi connectivity index (χ3v) is 5.57.